The van der Waals surface area contributed by atoms with Crippen LogP contribution in [0.1, 0.15) is 42.6 Å². The average molecular weight is 383 g/mol. The van der Waals surface area contributed by atoms with Crippen molar-refractivity contribution < 1.29 is 19.5 Å². The fraction of sp³-hybridized carbons (Fsp3) is 0.286. The van der Waals surface area contributed by atoms with Gasteiger partial charge in [-0.05, 0) is 57.0 Å². The summed E-state index contributed by atoms with van der Waals surface area (Å²) >= 11 is 0. The third-order valence-corrected chi connectivity index (χ3v) is 4.27. The van der Waals surface area contributed by atoms with Gasteiger partial charge in [0.25, 0.3) is 5.91 Å². The lowest BCUT2D eigenvalue weighted by Crippen LogP contribution is -2.45. The molecule has 0 heterocycles. The van der Waals surface area contributed by atoms with Crippen molar-refractivity contribution in [3.63, 3.8) is 0 Å². The number of para-hydroxylation sites is 1. The molecule has 0 radical (unpaired) electrons. The molecular weight excluding hydrogens is 358 g/mol. The first kappa shape index (κ1) is 21.0. The second-order valence-electron chi connectivity index (χ2n) is 7.16. The zero-order valence-corrected chi connectivity index (χ0v) is 16.2. The van der Waals surface area contributed by atoms with Crippen LogP contribution in [0.2, 0.25) is 0 Å². The summed E-state index contributed by atoms with van der Waals surface area (Å²) in [4.78, 5) is 35.6. The van der Waals surface area contributed by atoms with Crippen molar-refractivity contribution >= 4 is 29.3 Å². The number of carbonyl (C=O) groups is 3. The number of nitrogens with one attached hydrogen (secondary N) is 3. The summed E-state index contributed by atoms with van der Waals surface area (Å²) in [7, 11) is 0. The van der Waals surface area contributed by atoms with Gasteiger partial charge in [0, 0.05) is 28.9 Å². The molecule has 0 aliphatic carbocycles. The molecule has 0 bridgehead atoms. The molecule has 2 aromatic rings. The number of hydrogen-bond acceptors (Lipinski definition) is 3. The van der Waals surface area contributed by atoms with Crippen LogP contribution in [0.4, 0.5) is 16.2 Å². The van der Waals surface area contributed by atoms with E-state index in [0.29, 0.717) is 28.9 Å². The Balaban J connectivity index is 2.06. The Morgan fingerprint density at radius 2 is 1.64 bits per heavy atom. The topological polar surface area (TPSA) is 108 Å². The monoisotopic (exact) mass is 383 g/mol. The van der Waals surface area contributed by atoms with Gasteiger partial charge in [-0.15, -0.1) is 0 Å². The highest BCUT2D eigenvalue weighted by Crippen LogP contribution is 2.21. The first-order chi connectivity index (χ1) is 13.2. The molecule has 0 aliphatic heterocycles. The lowest BCUT2D eigenvalue weighted by atomic mass is 9.99. The van der Waals surface area contributed by atoms with E-state index in [1.165, 1.54) is 0 Å². The summed E-state index contributed by atoms with van der Waals surface area (Å²) in [5.74, 6) is -1.18. The summed E-state index contributed by atoms with van der Waals surface area (Å²) in [5.41, 5.74) is 1.59. The number of amides is 3. The van der Waals surface area contributed by atoms with Gasteiger partial charge in [-0.3, -0.25) is 9.59 Å². The third kappa shape index (κ3) is 6.12. The molecule has 7 nitrogen and oxygen atoms in total. The maximum absolute atomic E-state index is 12.6. The van der Waals surface area contributed by atoms with Crippen LogP contribution in [0.3, 0.4) is 0 Å². The van der Waals surface area contributed by atoms with Crippen molar-refractivity contribution in [1.29, 1.82) is 0 Å². The molecule has 0 unspecified atom stereocenters. The van der Waals surface area contributed by atoms with Crippen molar-refractivity contribution in [1.82, 2.24) is 5.32 Å². The van der Waals surface area contributed by atoms with E-state index >= 15 is 0 Å². The molecule has 0 atom stereocenters. The maximum Gasteiger partial charge on any atom is 0.319 e. The molecular formula is C21H25N3O4. The van der Waals surface area contributed by atoms with Crippen molar-refractivity contribution in [2.75, 3.05) is 10.6 Å². The Labute approximate surface area is 164 Å². The smallest absolute Gasteiger partial charge is 0.319 e. The van der Waals surface area contributed by atoms with Crippen molar-refractivity contribution in [3.8, 4) is 0 Å². The van der Waals surface area contributed by atoms with Crippen LogP contribution in [0.5, 0.6) is 0 Å². The van der Waals surface area contributed by atoms with Crippen LogP contribution in [-0.4, -0.2) is 28.6 Å². The maximum atomic E-state index is 12.6. The van der Waals surface area contributed by atoms with Crippen LogP contribution in [0.25, 0.3) is 0 Å². The predicted octanol–water partition coefficient (Wildman–Crippen LogP) is 4.01. The molecule has 7 heteroatoms. The van der Waals surface area contributed by atoms with E-state index in [9.17, 15) is 14.4 Å². The highest BCUT2D eigenvalue weighted by atomic mass is 16.4. The predicted molar refractivity (Wildman–Crippen MR) is 109 cm³/mol. The van der Waals surface area contributed by atoms with Gasteiger partial charge in [0.2, 0.25) is 0 Å². The number of rotatable bonds is 7. The number of carbonyl (C=O) groups excluding carboxylic acids is 2. The minimum Gasteiger partial charge on any atom is -0.481 e. The van der Waals surface area contributed by atoms with E-state index in [-0.39, 0.29) is 12.3 Å². The molecule has 0 spiro atoms. The molecule has 0 fully saturated rings. The van der Waals surface area contributed by atoms with Crippen molar-refractivity contribution in [2.24, 2.45) is 0 Å². The van der Waals surface area contributed by atoms with Crippen molar-refractivity contribution in [3.05, 3.63) is 59.7 Å². The third-order valence-electron chi connectivity index (χ3n) is 4.27. The quantitative estimate of drug-likeness (QED) is 0.579. The minimum absolute atomic E-state index is 0.0402. The Morgan fingerprint density at radius 3 is 2.29 bits per heavy atom. The number of carboxylic acids is 1. The lowest BCUT2D eigenvalue weighted by molar-refractivity contribution is -0.137. The molecule has 2 rings (SSSR count). The van der Waals surface area contributed by atoms with E-state index in [4.69, 9.17) is 5.11 Å². The van der Waals surface area contributed by atoms with Gasteiger partial charge in [-0.25, -0.2) is 4.79 Å². The highest BCUT2D eigenvalue weighted by Gasteiger charge is 2.22. The van der Waals surface area contributed by atoms with Gasteiger partial charge in [0.15, 0.2) is 0 Å². The summed E-state index contributed by atoms with van der Waals surface area (Å²) in [6.45, 7) is 5.27. The van der Waals surface area contributed by atoms with Gasteiger partial charge in [-0.1, -0.05) is 24.3 Å². The number of anilines is 2. The fourth-order valence-electron chi connectivity index (χ4n) is 2.68. The van der Waals surface area contributed by atoms with E-state index in [1.54, 1.807) is 51.1 Å². The first-order valence-corrected chi connectivity index (χ1v) is 8.95. The molecule has 148 valence electrons. The largest absolute Gasteiger partial charge is 0.481 e. The summed E-state index contributed by atoms with van der Waals surface area (Å²) in [6, 6.07) is 13.7. The first-order valence-electron chi connectivity index (χ1n) is 8.95. The molecule has 3 amide bonds. The number of benzene rings is 2. The molecule has 0 aliphatic rings. The second-order valence-corrected chi connectivity index (χ2v) is 7.16. The zero-order valence-electron chi connectivity index (χ0n) is 16.2. The summed E-state index contributed by atoms with van der Waals surface area (Å²) in [5, 5.41) is 17.1. The van der Waals surface area contributed by atoms with Crippen LogP contribution in [-0.2, 0) is 4.79 Å². The van der Waals surface area contributed by atoms with Crippen LogP contribution >= 0.6 is 0 Å². The molecule has 4 N–H and O–H groups in total. The normalized spacial score (nSPS) is 10.8. The van der Waals surface area contributed by atoms with Crippen molar-refractivity contribution in [2.45, 2.75) is 39.2 Å². The number of hydrogen-bond donors (Lipinski definition) is 4. The Kier molecular flexibility index (Phi) is 6.76. The number of urea groups is 1. The van der Waals surface area contributed by atoms with Crippen LogP contribution in [0, 0.1) is 6.92 Å². The van der Waals surface area contributed by atoms with Crippen LogP contribution < -0.4 is 16.0 Å². The minimum atomic E-state index is -0.914. The Bertz CT molecular complexity index is 863. The fourth-order valence-corrected chi connectivity index (χ4v) is 2.68. The molecule has 0 aromatic heterocycles. The average Bonchev–Trinajstić information content (AvgIpc) is 2.62. The SMILES string of the molecule is Cc1c(NC(=O)NC(C)(C)CCC(=O)O)cccc1C(=O)Nc1ccccc1. The summed E-state index contributed by atoms with van der Waals surface area (Å²) in [6.07, 6.45) is 0.260. The van der Waals surface area contributed by atoms with Gasteiger partial charge >= 0.3 is 12.0 Å². The molecule has 2 aromatic carbocycles. The Morgan fingerprint density at radius 1 is 0.964 bits per heavy atom. The van der Waals surface area contributed by atoms with Gasteiger partial charge in [0.1, 0.15) is 0 Å². The van der Waals surface area contributed by atoms with E-state index in [2.05, 4.69) is 16.0 Å². The Hall–Kier alpha value is -3.35. The standard InChI is InChI=1S/C21H25N3O4/c1-14-16(19(27)22-15-8-5-4-6-9-15)10-7-11-17(14)23-20(28)24-21(2,3)13-12-18(25)26/h4-11H,12-13H2,1-3H3,(H,22,27)(H,25,26)(H2,23,24,28). The van der Waals surface area contributed by atoms with Gasteiger partial charge in [-0.2, -0.15) is 0 Å². The van der Waals surface area contributed by atoms with E-state index < -0.39 is 17.5 Å². The molecule has 0 saturated heterocycles. The number of carboxylic acid groups (broad SMARTS) is 1. The molecule has 0 saturated carbocycles. The lowest BCUT2D eigenvalue weighted by Gasteiger charge is -2.26. The van der Waals surface area contributed by atoms with Crippen LogP contribution in [0.15, 0.2) is 48.5 Å². The van der Waals surface area contributed by atoms with Gasteiger partial charge in [0.05, 0.1) is 0 Å². The zero-order chi connectivity index (χ0) is 20.7. The highest BCUT2D eigenvalue weighted by molar-refractivity contribution is 6.06. The molecule has 28 heavy (non-hydrogen) atoms. The summed E-state index contributed by atoms with van der Waals surface area (Å²) < 4.78 is 0. The van der Waals surface area contributed by atoms with E-state index in [1.807, 2.05) is 18.2 Å². The van der Waals surface area contributed by atoms with E-state index in [0.717, 1.165) is 0 Å². The number of aliphatic carboxylic acids is 1. The second kappa shape index (κ2) is 9.03. The van der Waals surface area contributed by atoms with Gasteiger partial charge < -0.3 is 21.1 Å².